The molecule has 0 spiro atoms. The molecule has 3 nitrogen and oxygen atoms in total. The van der Waals surface area contributed by atoms with Gasteiger partial charge in [-0.2, -0.15) is 5.26 Å². The molecule has 0 bridgehead atoms. The van der Waals surface area contributed by atoms with Crippen LogP contribution < -0.4 is 5.32 Å². The van der Waals surface area contributed by atoms with Crippen molar-refractivity contribution in [1.29, 1.82) is 5.26 Å². The molecule has 2 aromatic rings. The van der Waals surface area contributed by atoms with E-state index in [1.807, 2.05) is 24.3 Å². The van der Waals surface area contributed by atoms with E-state index in [1.165, 1.54) is 0 Å². The lowest BCUT2D eigenvalue weighted by molar-refractivity contribution is 1.29. The first-order valence-corrected chi connectivity index (χ1v) is 5.46. The van der Waals surface area contributed by atoms with E-state index < -0.39 is 0 Å². The van der Waals surface area contributed by atoms with Gasteiger partial charge in [-0.3, -0.25) is 0 Å². The van der Waals surface area contributed by atoms with Gasteiger partial charge in [0, 0.05) is 10.7 Å². The quantitative estimate of drug-likeness (QED) is 0.912. The first kappa shape index (κ1) is 10.7. The summed E-state index contributed by atoms with van der Waals surface area (Å²) >= 11 is 3.43. The Morgan fingerprint density at radius 3 is 2.81 bits per heavy atom. The fourth-order valence-electron chi connectivity index (χ4n) is 1.27. The lowest BCUT2D eigenvalue weighted by Gasteiger charge is -2.07. The van der Waals surface area contributed by atoms with Gasteiger partial charge in [-0.25, -0.2) is 4.98 Å². The third-order valence-electron chi connectivity index (χ3n) is 2.03. The minimum atomic E-state index is 0.588. The van der Waals surface area contributed by atoms with Crippen LogP contribution in [0.2, 0.25) is 0 Å². The molecule has 4 heteroatoms. The van der Waals surface area contributed by atoms with Crippen LogP contribution in [0.15, 0.2) is 47.1 Å². The van der Waals surface area contributed by atoms with Crippen molar-refractivity contribution in [2.24, 2.45) is 0 Å². The highest BCUT2D eigenvalue weighted by Crippen LogP contribution is 2.24. The van der Waals surface area contributed by atoms with Crippen LogP contribution >= 0.6 is 15.9 Å². The van der Waals surface area contributed by atoms with E-state index in [4.69, 9.17) is 5.26 Å². The van der Waals surface area contributed by atoms with Gasteiger partial charge in [0.05, 0.1) is 17.3 Å². The number of halogens is 1. The standard InChI is InChI=1S/C12H8BrN3/c13-10-3-1-2-4-11(10)16-12-7-9(8-14)5-6-15-12/h1-7H,(H,15,16). The maximum absolute atomic E-state index is 8.77. The van der Waals surface area contributed by atoms with Crippen molar-refractivity contribution in [1.82, 2.24) is 4.98 Å². The van der Waals surface area contributed by atoms with Gasteiger partial charge in [0.15, 0.2) is 0 Å². The summed E-state index contributed by atoms with van der Waals surface area (Å²) in [6, 6.07) is 13.2. The summed E-state index contributed by atoms with van der Waals surface area (Å²) < 4.78 is 0.958. The Bertz CT molecular complexity index is 546. The van der Waals surface area contributed by atoms with Crippen LogP contribution in [0.4, 0.5) is 11.5 Å². The third kappa shape index (κ3) is 2.38. The van der Waals surface area contributed by atoms with Crippen molar-refractivity contribution < 1.29 is 0 Å². The monoisotopic (exact) mass is 273 g/mol. The largest absolute Gasteiger partial charge is 0.339 e. The zero-order chi connectivity index (χ0) is 11.4. The second-order valence-corrected chi connectivity index (χ2v) is 4.00. The molecular weight excluding hydrogens is 266 g/mol. The van der Waals surface area contributed by atoms with E-state index >= 15 is 0 Å². The number of nitrogens with zero attached hydrogens (tertiary/aromatic N) is 2. The van der Waals surface area contributed by atoms with Crippen molar-refractivity contribution >= 4 is 27.4 Å². The SMILES string of the molecule is N#Cc1ccnc(Nc2ccccc2Br)c1. The fraction of sp³-hybridized carbons (Fsp3) is 0. The average Bonchev–Trinajstić information content (AvgIpc) is 2.32. The maximum atomic E-state index is 8.77. The van der Waals surface area contributed by atoms with Gasteiger partial charge in [-0.05, 0) is 40.2 Å². The molecule has 1 aromatic heterocycles. The van der Waals surface area contributed by atoms with Gasteiger partial charge >= 0.3 is 0 Å². The number of anilines is 2. The molecule has 0 fully saturated rings. The van der Waals surface area contributed by atoms with Crippen LogP contribution in [0.5, 0.6) is 0 Å². The minimum absolute atomic E-state index is 0.588. The number of benzene rings is 1. The molecule has 0 aliphatic carbocycles. The molecular formula is C12H8BrN3. The normalized spacial score (nSPS) is 9.50. The second kappa shape index (κ2) is 4.77. The van der Waals surface area contributed by atoms with E-state index in [0.717, 1.165) is 10.2 Å². The first-order chi connectivity index (χ1) is 7.79. The Morgan fingerprint density at radius 1 is 1.25 bits per heavy atom. The topological polar surface area (TPSA) is 48.7 Å². The van der Waals surface area contributed by atoms with Gasteiger partial charge < -0.3 is 5.32 Å². The van der Waals surface area contributed by atoms with Gasteiger partial charge in [-0.1, -0.05) is 12.1 Å². The Hall–Kier alpha value is -1.86. The molecule has 0 saturated carbocycles. The van der Waals surface area contributed by atoms with Crippen molar-refractivity contribution in [2.75, 3.05) is 5.32 Å². The number of hydrogen-bond acceptors (Lipinski definition) is 3. The summed E-state index contributed by atoms with van der Waals surface area (Å²) in [6.07, 6.45) is 1.61. The average molecular weight is 274 g/mol. The van der Waals surface area contributed by atoms with Crippen molar-refractivity contribution in [3.63, 3.8) is 0 Å². The molecule has 2 rings (SSSR count). The summed E-state index contributed by atoms with van der Waals surface area (Å²) in [6.45, 7) is 0. The molecule has 0 amide bonds. The number of para-hydroxylation sites is 1. The molecule has 1 aromatic carbocycles. The Kier molecular flexibility index (Phi) is 3.18. The number of aromatic nitrogens is 1. The second-order valence-electron chi connectivity index (χ2n) is 3.15. The van der Waals surface area contributed by atoms with E-state index in [2.05, 4.69) is 32.3 Å². The van der Waals surface area contributed by atoms with Crippen LogP contribution in [-0.4, -0.2) is 4.98 Å². The molecule has 0 atom stereocenters. The summed E-state index contributed by atoms with van der Waals surface area (Å²) in [5.74, 6) is 0.658. The smallest absolute Gasteiger partial charge is 0.131 e. The molecule has 16 heavy (non-hydrogen) atoms. The summed E-state index contributed by atoms with van der Waals surface area (Å²) in [5.41, 5.74) is 1.51. The number of nitriles is 1. The minimum Gasteiger partial charge on any atom is -0.339 e. The lowest BCUT2D eigenvalue weighted by atomic mass is 10.3. The summed E-state index contributed by atoms with van der Waals surface area (Å²) in [7, 11) is 0. The van der Waals surface area contributed by atoms with E-state index in [0.29, 0.717) is 11.4 Å². The van der Waals surface area contributed by atoms with Crippen LogP contribution in [0, 0.1) is 11.3 Å². The van der Waals surface area contributed by atoms with Gasteiger partial charge in [0.1, 0.15) is 5.82 Å². The van der Waals surface area contributed by atoms with Gasteiger partial charge in [0.2, 0.25) is 0 Å². The highest BCUT2D eigenvalue weighted by Gasteiger charge is 2.00. The molecule has 1 N–H and O–H groups in total. The maximum Gasteiger partial charge on any atom is 0.131 e. The highest BCUT2D eigenvalue weighted by molar-refractivity contribution is 9.10. The van der Waals surface area contributed by atoms with Crippen LogP contribution in [0.3, 0.4) is 0 Å². The van der Waals surface area contributed by atoms with Crippen molar-refractivity contribution in [3.05, 3.63) is 52.6 Å². The zero-order valence-corrected chi connectivity index (χ0v) is 9.90. The van der Waals surface area contributed by atoms with Crippen LogP contribution in [0.1, 0.15) is 5.56 Å². The molecule has 1 heterocycles. The highest BCUT2D eigenvalue weighted by atomic mass is 79.9. The summed E-state index contributed by atoms with van der Waals surface area (Å²) in [4.78, 5) is 4.14. The Balaban J connectivity index is 2.28. The van der Waals surface area contributed by atoms with Crippen LogP contribution in [0.25, 0.3) is 0 Å². The first-order valence-electron chi connectivity index (χ1n) is 4.67. The van der Waals surface area contributed by atoms with Crippen LogP contribution in [-0.2, 0) is 0 Å². The number of pyridine rings is 1. The number of nitrogens with one attached hydrogen (secondary N) is 1. The third-order valence-corrected chi connectivity index (χ3v) is 2.72. The zero-order valence-electron chi connectivity index (χ0n) is 8.31. The molecule has 0 radical (unpaired) electrons. The molecule has 0 unspecified atom stereocenters. The van der Waals surface area contributed by atoms with E-state index in [1.54, 1.807) is 18.3 Å². The van der Waals surface area contributed by atoms with E-state index in [9.17, 15) is 0 Å². The lowest BCUT2D eigenvalue weighted by Crippen LogP contribution is -1.94. The van der Waals surface area contributed by atoms with E-state index in [-0.39, 0.29) is 0 Å². The molecule has 78 valence electrons. The fourth-order valence-corrected chi connectivity index (χ4v) is 1.65. The summed E-state index contributed by atoms with van der Waals surface area (Å²) in [5, 5.41) is 11.9. The Morgan fingerprint density at radius 2 is 2.06 bits per heavy atom. The van der Waals surface area contributed by atoms with Crippen molar-refractivity contribution in [3.8, 4) is 6.07 Å². The number of hydrogen-bond donors (Lipinski definition) is 1. The predicted molar refractivity (Wildman–Crippen MR) is 66.4 cm³/mol. The molecule has 0 aliphatic rings. The van der Waals surface area contributed by atoms with Crippen molar-refractivity contribution in [2.45, 2.75) is 0 Å². The molecule has 0 saturated heterocycles. The number of rotatable bonds is 2. The Labute approximate surface area is 102 Å². The predicted octanol–water partition coefficient (Wildman–Crippen LogP) is 3.46. The van der Waals surface area contributed by atoms with Gasteiger partial charge in [0.25, 0.3) is 0 Å². The molecule has 0 aliphatic heterocycles. The van der Waals surface area contributed by atoms with Gasteiger partial charge in [-0.15, -0.1) is 0 Å².